The summed E-state index contributed by atoms with van der Waals surface area (Å²) < 4.78 is 47.1. The normalized spacial score (nSPS) is 16.8. The molecule has 11 heteroatoms. The predicted molar refractivity (Wildman–Crippen MR) is 106 cm³/mol. The molecule has 33 heavy (non-hydrogen) atoms. The minimum atomic E-state index is -5.08. The topological polar surface area (TPSA) is 76.2 Å². The van der Waals surface area contributed by atoms with Crippen LogP contribution in [0, 0.1) is 0 Å². The second kappa shape index (κ2) is 11.0. The molecule has 0 aromatic heterocycles. The van der Waals surface area contributed by atoms with Crippen molar-refractivity contribution in [3.63, 3.8) is 0 Å². The number of rotatable bonds is 7. The summed E-state index contributed by atoms with van der Waals surface area (Å²) in [5.41, 5.74) is 1.60. The molecule has 1 fully saturated rings. The summed E-state index contributed by atoms with van der Waals surface area (Å²) >= 11 is -2.93. The Morgan fingerprint density at radius 2 is 1.70 bits per heavy atom. The van der Waals surface area contributed by atoms with Crippen LogP contribution >= 0.6 is 0 Å². The zero-order valence-corrected chi connectivity index (χ0v) is 23.3. The third-order valence-corrected chi connectivity index (χ3v) is 10.1. The first kappa shape index (κ1) is 25.0. The molecule has 1 unspecified atom stereocenters. The number of carbonyl (C=O) groups excluding carboxylic acids is 3. The van der Waals surface area contributed by atoms with Crippen molar-refractivity contribution in [2.45, 2.75) is 35.7 Å². The van der Waals surface area contributed by atoms with Gasteiger partial charge in [-0.1, -0.05) is 0 Å². The van der Waals surface area contributed by atoms with E-state index in [1.165, 1.54) is 9.80 Å². The van der Waals surface area contributed by atoms with Gasteiger partial charge in [0.25, 0.3) is 0 Å². The maximum atomic E-state index is 13.1. The quantitative estimate of drug-likeness (QED) is 0.423. The van der Waals surface area contributed by atoms with Gasteiger partial charge in [0.05, 0.1) is 0 Å². The average Bonchev–Trinajstić information content (AvgIpc) is 3.13. The summed E-state index contributed by atoms with van der Waals surface area (Å²) in [6.07, 6.45) is -5.84. The molecular weight excluding hydrogens is 630 g/mol. The van der Waals surface area contributed by atoms with Gasteiger partial charge >= 0.3 is 202 Å². The minimum absolute atomic E-state index is 0.0152. The predicted octanol–water partition coefficient (Wildman–Crippen LogP) is 4.08. The molecule has 0 spiro atoms. The Kier molecular flexibility index (Phi) is 8.33. The fourth-order valence-electron chi connectivity index (χ4n) is 3.49. The van der Waals surface area contributed by atoms with Gasteiger partial charge in [0.2, 0.25) is 0 Å². The molecular formula is C22H21F3HgN2O5. The molecule has 2 aromatic rings. The Morgan fingerprint density at radius 1 is 1.09 bits per heavy atom. The Morgan fingerprint density at radius 3 is 2.30 bits per heavy atom. The Hall–Kier alpha value is -2.62. The SMILES string of the molecule is C[C@@H](c1ccccc1)N1CN(C(=O)OCc2ccccc2)C([CH2][Hg][O]C(=O)C(F)(F)F)C1=O. The van der Waals surface area contributed by atoms with E-state index in [1.807, 2.05) is 36.4 Å². The second-order valence-corrected chi connectivity index (χ2v) is 12.4. The van der Waals surface area contributed by atoms with Gasteiger partial charge in [0.1, 0.15) is 0 Å². The Bertz CT molecular complexity index is 975. The van der Waals surface area contributed by atoms with Crippen molar-refractivity contribution in [1.82, 2.24) is 9.80 Å². The third-order valence-electron chi connectivity index (χ3n) is 5.29. The van der Waals surface area contributed by atoms with Crippen molar-refractivity contribution in [3.05, 3.63) is 71.8 Å². The van der Waals surface area contributed by atoms with Crippen molar-refractivity contribution < 1.29 is 60.0 Å². The van der Waals surface area contributed by atoms with Gasteiger partial charge in [-0.15, -0.1) is 0 Å². The van der Waals surface area contributed by atoms with Crippen molar-refractivity contribution >= 4 is 18.0 Å². The number of amides is 2. The van der Waals surface area contributed by atoms with Gasteiger partial charge in [0.15, 0.2) is 0 Å². The molecule has 1 aliphatic rings. The van der Waals surface area contributed by atoms with Crippen LogP contribution in [0.15, 0.2) is 60.7 Å². The molecule has 2 atom stereocenters. The standard InChI is InChI=1S/C20H21N2O3.C2HF3O2.Hg/c1-15(18-11-7-4-8-12-18)21-14-22(16(2)19(21)23)20(24)25-13-17-9-5-3-6-10-17;3-2(4,5)1(6)7;/h3-12,15-16H,2,13-14H2,1H3;(H,6,7);/q;;+1/p-1/t15-,16?;;/m0../s1. The summed E-state index contributed by atoms with van der Waals surface area (Å²) in [6.45, 7) is 1.71. The monoisotopic (exact) mass is 652 g/mol. The van der Waals surface area contributed by atoms with E-state index in [0.29, 0.717) is 0 Å². The Labute approximate surface area is 201 Å². The number of hydrogen-bond acceptors (Lipinski definition) is 5. The van der Waals surface area contributed by atoms with E-state index in [1.54, 1.807) is 31.2 Å². The van der Waals surface area contributed by atoms with E-state index in [4.69, 9.17) is 4.74 Å². The van der Waals surface area contributed by atoms with Gasteiger partial charge < -0.3 is 0 Å². The molecule has 0 saturated carbocycles. The molecule has 2 amide bonds. The second-order valence-electron chi connectivity index (χ2n) is 7.48. The molecule has 172 valence electrons. The van der Waals surface area contributed by atoms with Gasteiger partial charge in [-0.05, 0) is 0 Å². The Balaban J connectivity index is 1.72. The number of alkyl halides is 3. The van der Waals surface area contributed by atoms with E-state index in [2.05, 4.69) is 2.64 Å². The fourth-order valence-corrected chi connectivity index (χ4v) is 8.35. The first-order valence-electron chi connectivity index (χ1n) is 10.2. The van der Waals surface area contributed by atoms with E-state index >= 15 is 0 Å². The first-order chi connectivity index (χ1) is 15.7. The van der Waals surface area contributed by atoms with Crippen LogP contribution in [0.25, 0.3) is 0 Å². The zero-order valence-electron chi connectivity index (χ0n) is 17.8. The van der Waals surface area contributed by atoms with Crippen molar-refractivity contribution in [1.29, 1.82) is 0 Å². The molecule has 0 bridgehead atoms. The maximum absolute atomic E-state index is 13.1. The van der Waals surface area contributed by atoms with Crippen LogP contribution < -0.4 is 0 Å². The van der Waals surface area contributed by atoms with Crippen LogP contribution in [0.3, 0.4) is 0 Å². The van der Waals surface area contributed by atoms with Crippen LogP contribution in [-0.2, 0) is 48.6 Å². The van der Waals surface area contributed by atoms with Crippen molar-refractivity contribution in [3.8, 4) is 0 Å². The van der Waals surface area contributed by atoms with Crippen molar-refractivity contribution in [2.24, 2.45) is 0 Å². The summed E-state index contributed by atoms with van der Waals surface area (Å²) in [5.74, 6) is -2.66. The molecule has 7 nitrogen and oxygen atoms in total. The molecule has 3 rings (SSSR count). The summed E-state index contributed by atoms with van der Waals surface area (Å²) in [7, 11) is 0. The summed E-state index contributed by atoms with van der Waals surface area (Å²) in [4.78, 5) is 39.7. The van der Waals surface area contributed by atoms with Crippen LogP contribution in [0.2, 0.25) is 3.93 Å². The number of nitrogens with zero attached hydrogens (tertiary/aromatic N) is 2. The molecule has 1 aliphatic heterocycles. The van der Waals surface area contributed by atoms with Crippen LogP contribution in [-0.4, -0.2) is 46.7 Å². The number of hydrogen-bond donors (Lipinski definition) is 0. The summed E-state index contributed by atoms with van der Waals surface area (Å²) in [6, 6.07) is 16.7. The number of benzene rings is 2. The van der Waals surface area contributed by atoms with Gasteiger partial charge in [0, 0.05) is 0 Å². The number of halogens is 3. The molecule has 0 radical (unpaired) electrons. The van der Waals surface area contributed by atoms with Crippen LogP contribution in [0.1, 0.15) is 24.1 Å². The molecule has 2 aromatic carbocycles. The number of ether oxygens (including phenoxy) is 1. The van der Waals surface area contributed by atoms with Gasteiger partial charge in [-0.3, -0.25) is 0 Å². The van der Waals surface area contributed by atoms with E-state index in [-0.39, 0.29) is 23.2 Å². The molecule has 1 saturated heterocycles. The fraction of sp³-hybridized carbons (Fsp3) is 0.318. The van der Waals surface area contributed by atoms with Crippen LogP contribution in [0.5, 0.6) is 0 Å². The van der Waals surface area contributed by atoms with E-state index in [0.717, 1.165) is 11.1 Å². The van der Waals surface area contributed by atoms with Crippen LogP contribution in [0.4, 0.5) is 18.0 Å². The molecule has 0 N–H and O–H groups in total. The number of carbonyl (C=O) groups is 3. The van der Waals surface area contributed by atoms with Gasteiger partial charge in [-0.2, -0.15) is 0 Å². The molecule has 1 heterocycles. The van der Waals surface area contributed by atoms with Gasteiger partial charge in [-0.25, -0.2) is 0 Å². The third kappa shape index (κ3) is 6.46. The van der Waals surface area contributed by atoms with E-state index < -0.39 is 55.2 Å². The van der Waals surface area contributed by atoms with Crippen molar-refractivity contribution in [2.75, 3.05) is 6.67 Å². The summed E-state index contributed by atoms with van der Waals surface area (Å²) in [5, 5.41) is 0. The average molecular weight is 651 g/mol. The van der Waals surface area contributed by atoms with E-state index in [9.17, 15) is 27.6 Å². The first-order valence-corrected chi connectivity index (χ1v) is 16.4. The molecule has 0 aliphatic carbocycles. The zero-order chi connectivity index (χ0) is 24.0.